The average molecular weight is 434 g/mol. The quantitative estimate of drug-likeness (QED) is 0.495. The number of benzene rings is 2. The van der Waals surface area contributed by atoms with Crippen LogP contribution in [0.4, 0.5) is 16.2 Å². The maximum Gasteiger partial charge on any atom is 0.411 e. The first-order chi connectivity index (χ1) is 14.5. The first kappa shape index (κ1) is 23.2. The van der Waals surface area contributed by atoms with Gasteiger partial charge < -0.3 is 20.1 Å². The molecular weight excluding hydrogens is 410 g/mol. The second kappa shape index (κ2) is 12.5. The summed E-state index contributed by atoms with van der Waals surface area (Å²) in [5, 5.41) is 8.65. The summed E-state index contributed by atoms with van der Waals surface area (Å²) in [6.07, 6.45) is 0.110. The van der Waals surface area contributed by atoms with Crippen LogP contribution >= 0.6 is 11.6 Å². The third-order valence-corrected chi connectivity index (χ3v) is 4.14. The van der Waals surface area contributed by atoms with Crippen LogP contribution in [0.25, 0.3) is 0 Å². The smallest absolute Gasteiger partial charge is 0.411 e. The maximum absolute atomic E-state index is 12.1. The van der Waals surface area contributed by atoms with E-state index in [0.29, 0.717) is 41.5 Å². The lowest BCUT2D eigenvalue weighted by atomic mass is 10.2. The van der Waals surface area contributed by atoms with E-state index in [0.717, 1.165) is 0 Å². The van der Waals surface area contributed by atoms with E-state index in [1.165, 1.54) is 7.11 Å². The number of anilines is 2. The second-order valence-electron chi connectivity index (χ2n) is 6.25. The minimum Gasteiger partial charge on any atom is -0.447 e. The molecule has 0 bridgehead atoms. The molecule has 2 aromatic rings. The van der Waals surface area contributed by atoms with Crippen molar-refractivity contribution in [3.05, 3.63) is 59.1 Å². The van der Waals surface area contributed by atoms with Gasteiger partial charge in [0, 0.05) is 42.0 Å². The van der Waals surface area contributed by atoms with Gasteiger partial charge in [-0.2, -0.15) is 0 Å². The summed E-state index contributed by atoms with van der Waals surface area (Å²) in [7, 11) is 1.51. The highest BCUT2D eigenvalue weighted by Crippen LogP contribution is 2.16. The van der Waals surface area contributed by atoms with Gasteiger partial charge in [-0.3, -0.25) is 14.9 Å². The van der Waals surface area contributed by atoms with E-state index in [4.69, 9.17) is 21.1 Å². The zero-order chi connectivity index (χ0) is 21.8. The summed E-state index contributed by atoms with van der Waals surface area (Å²) in [4.78, 5) is 35.8. The number of amides is 3. The number of hydrogen-bond acceptors (Lipinski definition) is 5. The Hall–Kier alpha value is -3.10. The Morgan fingerprint density at radius 3 is 2.37 bits per heavy atom. The van der Waals surface area contributed by atoms with Gasteiger partial charge in [-0.25, -0.2) is 4.79 Å². The molecule has 0 fully saturated rings. The molecule has 2 rings (SSSR count). The molecule has 0 aliphatic carbocycles. The minimum atomic E-state index is -0.605. The predicted molar refractivity (Wildman–Crippen MR) is 115 cm³/mol. The highest BCUT2D eigenvalue weighted by atomic mass is 35.5. The molecule has 0 saturated carbocycles. The number of ether oxygens (including phenoxy) is 2. The number of carbonyl (C=O) groups excluding carboxylic acids is 3. The van der Waals surface area contributed by atoms with E-state index in [1.807, 2.05) is 0 Å². The van der Waals surface area contributed by atoms with Crippen LogP contribution in [0, 0.1) is 0 Å². The standard InChI is InChI=1S/C21H24ClN3O5/c1-29-12-13-30-21(28)25-18-5-2-4-17(14-18)24-19(26)6-3-11-23-20(27)15-7-9-16(22)10-8-15/h2,4-5,7-10,14H,3,6,11-13H2,1H3,(H,23,27)(H,24,26)(H,25,28). The van der Waals surface area contributed by atoms with Crippen molar-refractivity contribution < 1.29 is 23.9 Å². The van der Waals surface area contributed by atoms with Crippen LogP contribution in [0.15, 0.2) is 48.5 Å². The summed E-state index contributed by atoms with van der Waals surface area (Å²) in [6.45, 7) is 0.820. The zero-order valence-electron chi connectivity index (χ0n) is 16.6. The lowest BCUT2D eigenvalue weighted by Crippen LogP contribution is -2.25. The first-order valence-corrected chi connectivity index (χ1v) is 9.72. The Kier molecular flexibility index (Phi) is 9.63. The number of rotatable bonds is 10. The lowest BCUT2D eigenvalue weighted by molar-refractivity contribution is -0.116. The fourth-order valence-electron chi connectivity index (χ4n) is 2.42. The topological polar surface area (TPSA) is 106 Å². The molecule has 0 heterocycles. The molecule has 9 heteroatoms. The van der Waals surface area contributed by atoms with Crippen molar-refractivity contribution in [2.75, 3.05) is 37.5 Å². The average Bonchev–Trinajstić information content (AvgIpc) is 2.72. The molecule has 0 aliphatic heterocycles. The van der Waals surface area contributed by atoms with Crippen molar-refractivity contribution in [2.24, 2.45) is 0 Å². The van der Waals surface area contributed by atoms with Crippen LogP contribution in [0.1, 0.15) is 23.2 Å². The zero-order valence-corrected chi connectivity index (χ0v) is 17.3. The highest BCUT2D eigenvalue weighted by Gasteiger charge is 2.08. The van der Waals surface area contributed by atoms with Crippen LogP contribution < -0.4 is 16.0 Å². The van der Waals surface area contributed by atoms with E-state index in [2.05, 4.69) is 16.0 Å². The van der Waals surface area contributed by atoms with Crippen LogP contribution in [-0.2, 0) is 14.3 Å². The molecule has 0 aliphatic rings. The molecule has 0 atom stereocenters. The Bertz CT molecular complexity index is 858. The Morgan fingerprint density at radius 2 is 1.67 bits per heavy atom. The number of halogens is 1. The highest BCUT2D eigenvalue weighted by molar-refractivity contribution is 6.30. The van der Waals surface area contributed by atoms with Crippen molar-refractivity contribution >= 4 is 40.9 Å². The van der Waals surface area contributed by atoms with Gasteiger partial charge in [0.1, 0.15) is 6.61 Å². The SMILES string of the molecule is COCCOC(=O)Nc1cccc(NC(=O)CCCNC(=O)c2ccc(Cl)cc2)c1. The fraction of sp³-hybridized carbons (Fsp3) is 0.286. The largest absolute Gasteiger partial charge is 0.447 e. The third kappa shape index (κ3) is 8.50. The molecule has 0 unspecified atom stereocenters. The minimum absolute atomic E-state index is 0.146. The fourth-order valence-corrected chi connectivity index (χ4v) is 2.55. The van der Waals surface area contributed by atoms with Gasteiger partial charge >= 0.3 is 6.09 Å². The van der Waals surface area contributed by atoms with Crippen molar-refractivity contribution in [3.63, 3.8) is 0 Å². The molecule has 30 heavy (non-hydrogen) atoms. The third-order valence-electron chi connectivity index (χ3n) is 3.89. The second-order valence-corrected chi connectivity index (χ2v) is 6.69. The number of hydrogen-bond donors (Lipinski definition) is 3. The van der Waals surface area contributed by atoms with Gasteiger partial charge in [-0.15, -0.1) is 0 Å². The molecule has 2 aromatic carbocycles. The Morgan fingerprint density at radius 1 is 0.967 bits per heavy atom. The summed E-state index contributed by atoms with van der Waals surface area (Å²) in [6, 6.07) is 13.3. The van der Waals surface area contributed by atoms with E-state index in [1.54, 1.807) is 48.5 Å². The molecule has 3 N–H and O–H groups in total. The lowest BCUT2D eigenvalue weighted by Gasteiger charge is -2.10. The van der Waals surface area contributed by atoms with Crippen molar-refractivity contribution in [3.8, 4) is 0 Å². The van der Waals surface area contributed by atoms with Crippen molar-refractivity contribution in [1.29, 1.82) is 0 Å². The van der Waals surface area contributed by atoms with Gasteiger partial charge in [0.15, 0.2) is 0 Å². The van der Waals surface area contributed by atoms with Gasteiger partial charge in [0.25, 0.3) is 5.91 Å². The molecule has 0 radical (unpaired) electrons. The van der Waals surface area contributed by atoms with Crippen LogP contribution in [0.2, 0.25) is 5.02 Å². The van der Waals surface area contributed by atoms with Crippen LogP contribution in [-0.4, -0.2) is 44.8 Å². The monoisotopic (exact) mass is 433 g/mol. The summed E-state index contributed by atoms with van der Waals surface area (Å²) in [5.74, 6) is -0.418. The molecular formula is C21H24ClN3O5. The number of carbonyl (C=O) groups is 3. The Labute approximate surface area is 179 Å². The first-order valence-electron chi connectivity index (χ1n) is 9.34. The van der Waals surface area contributed by atoms with Crippen molar-refractivity contribution in [1.82, 2.24) is 5.32 Å². The van der Waals surface area contributed by atoms with E-state index >= 15 is 0 Å². The molecule has 8 nitrogen and oxygen atoms in total. The molecule has 160 valence electrons. The normalized spacial score (nSPS) is 10.2. The van der Waals surface area contributed by atoms with Crippen LogP contribution in [0.5, 0.6) is 0 Å². The van der Waals surface area contributed by atoms with Gasteiger partial charge in [-0.05, 0) is 48.9 Å². The number of methoxy groups -OCH3 is 1. The summed E-state index contributed by atoms with van der Waals surface area (Å²) >= 11 is 5.80. The predicted octanol–water partition coefficient (Wildman–Crippen LogP) is 3.68. The Balaban J connectivity index is 1.71. The molecule has 0 saturated heterocycles. The van der Waals surface area contributed by atoms with Crippen molar-refractivity contribution in [2.45, 2.75) is 12.8 Å². The van der Waals surface area contributed by atoms with Gasteiger partial charge in [-0.1, -0.05) is 17.7 Å². The van der Waals surface area contributed by atoms with Gasteiger partial charge in [0.05, 0.1) is 6.61 Å². The van der Waals surface area contributed by atoms with E-state index in [-0.39, 0.29) is 24.8 Å². The molecule has 0 spiro atoms. The molecule has 3 amide bonds. The maximum atomic E-state index is 12.1. The summed E-state index contributed by atoms with van der Waals surface area (Å²) in [5.41, 5.74) is 1.54. The molecule has 0 aromatic heterocycles. The van der Waals surface area contributed by atoms with E-state index < -0.39 is 6.09 Å². The van der Waals surface area contributed by atoms with E-state index in [9.17, 15) is 14.4 Å². The summed E-state index contributed by atoms with van der Waals surface area (Å²) < 4.78 is 9.73. The van der Waals surface area contributed by atoms with Gasteiger partial charge in [0.2, 0.25) is 5.91 Å². The van der Waals surface area contributed by atoms with Crippen LogP contribution in [0.3, 0.4) is 0 Å². The number of nitrogens with one attached hydrogen (secondary N) is 3.